The summed E-state index contributed by atoms with van der Waals surface area (Å²) in [6.45, 7) is 5.98. The molecule has 0 amide bonds. The van der Waals surface area contributed by atoms with Crippen molar-refractivity contribution in [2.75, 3.05) is 13.4 Å². The van der Waals surface area contributed by atoms with Crippen molar-refractivity contribution in [3.8, 4) is 11.5 Å². The first-order valence-corrected chi connectivity index (χ1v) is 8.77. The van der Waals surface area contributed by atoms with Gasteiger partial charge in [0.1, 0.15) is 0 Å². The molecule has 0 N–H and O–H groups in total. The number of rotatable bonds is 7. The average Bonchev–Trinajstić information content (AvgIpc) is 3.20. The summed E-state index contributed by atoms with van der Waals surface area (Å²) < 4.78 is 16.7. The normalized spacial score (nSPS) is 22.7. The fourth-order valence-corrected chi connectivity index (χ4v) is 3.65. The number of hydrogen-bond acceptors (Lipinski definition) is 3. The monoisotopic (exact) mass is 304 g/mol. The summed E-state index contributed by atoms with van der Waals surface area (Å²) in [4.78, 5) is 0. The topological polar surface area (TPSA) is 27.7 Å². The van der Waals surface area contributed by atoms with Crippen LogP contribution in [0.1, 0.15) is 63.9 Å². The van der Waals surface area contributed by atoms with Gasteiger partial charge in [-0.25, -0.2) is 0 Å². The van der Waals surface area contributed by atoms with Crippen LogP contribution < -0.4 is 9.47 Å². The molecule has 0 bridgehead atoms. The molecular weight excluding hydrogens is 276 g/mol. The molecule has 1 fully saturated rings. The smallest absolute Gasteiger partial charge is 0.231 e. The van der Waals surface area contributed by atoms with Crippen LogP contribution in [-0.4, -0.2) is 19.5 Å². The lowest BCUT2D eigenvalue weighted by Gasteiger charge is -2.21. The number of hydrogen-bond donors (Lipinski definition) is 0. The number of ether oxygens (including phenoxy) is 3. The van der Waals surface area contributed by atoms with Gasteiger partial charge in [0.25, 0.3) is 0 Å². The molecule has 2 aliphatic rings. The summed E-state index contributed by atoms with van der Waals surface area (Å²) in [5.41, 5.74) is 1.38. The largest absolute Gasteiger partial charge is 0.454 e. The maximum Gasteiger partial charge on any atom is 0.231 e. The fourth-order valence-electron chi connectivity index (χ4n) is 3.65. The van der Waals surface area contributed by atoms with Crippen LogP contribution >= 0.6 is 0 Å². The van der Waals surface area contributed by atoms with E-state index in [0.717, 1.165) is 24.0 Å². The maximum atomic E-state index is 5.74. The van der Waals surface area contributed by atoms with Crippen molar-refractivity contribution in [2.24, 2.45) is 5.92 Å². The third-order valence-electron chi connectivity index (χ3n) is 5.05. The molecule has 22 heavy (non-hydrogen) atoms. The van der Waals surface area contributed by atoms with Gasteiger partial charge in [-0.05, 0) is 68.1 Å². The molecule has 0 radical (unpaired) electrons. The Kier molecular flexibility index (Phi) is 5.24. The highest BCUT2D eigenvalue weighted by atomic mass is 16.7. The molecule has 0 aliphatic carbocycles. The Bertz CT molecular complexity index is 480. The molecule has 1 saturated heterocycles. The van der Waals surface area contributed by atoms with E-state index in [1.807, 2.05) is 0 Å². The molecule has 3 nitrogen and oxygen atoms in total. The molecule has 3 heteroatoms. The van der Waals surface area contributed by atoms with Gasteiger partial charge in [-0.15, -0.1) is 0 Å². The molecule has 1 aromatic carbocycles. The van der Waals surface area contributed by atoms with Crippen LogP contribution in [0.2, 0.25) is 0 Å². The second kappa shape index (κ2) is 7.36. The minimum absolute atomic E-state index is 0.355. The third-order valence-corrected chi connectivity index (χ3v) is 5.05. The molecule has 0 aromatic heterocycles. The van der Waals surface area contributed by atoms with E-state index in [1.54, 1.807) is 0 Å². The van der Waals surface area contributed by atoms with Crippen LogP contribution in [0, 0.1) is 5.92 Å². The second-order valence-corrected chi connectivity index (χ2v) is 6.77. The molecule has 3 unspecified atom stereocenters. The standard InChI is InChI=1S/C19H28O3/c1-3-15(11-14(2)6-8-17-5-4-10-20-17)16-7-9-18-19(12-16)22-13-21-18/h7,9,12,14-15,17H,3-6,8,10-11,13H2,1-2H3. The van der Waals surface area contributed by atoms with Crippen molar-refractivity contribution < 1.29 is 14.2 Å². The van der Waals surface area contributed by atoms with E-state index >= 15 is 0 Å². The maximum absolute atomic E-state index is 5.74. The first-order valence-electron chi connectivity index (χ1n) is 8.77. The van der Waals surface area contributed by atoms with Crippen LogP contribution in [0.25, 0.3) is 0 Å². The van der Waals surface area contributed by atoms with Gasteiger partial charge in [0.15, 0.2) is 11.5 Å². The summed E-state index contributed by atoms with van der Waals surface area (Å²) in [6.07, 6.45) is 7.92. The Hall–Kier alpha value is -1.22. The molecule has 0 spiro atoms. The van der Waals surface area contributed by atoms with Gasteiger partial charge in [-0.1, -0.05) is 19.9 Å². The Morgan fingerprint density at radius 2 is 2.09 bits per heavy atom. The van der Waals surface area contributed by atoms with Crippen LogP contribution in [0.5, 0.6) is 11.5 Å². The predicted octanol–water partition coefficient (Wildman–Crippen LogP) is 4.89. The number of fused-ring (bicyclic) bond motifs is 1. The molecule has 2 aliphatic heterocycles. The molecule has 0 saturated carbocycles. The lowest BCUT2D eigenvalue weighted by molar-refractivity contribution is 0.0980. The highest BCUT2D eigenvalue weighted by Crippen LogP contribution is 2.37. The van der Waals surface area contributed by atoms with Crippen molar-refractivity contribution >= 4 is 0 Å². The van der Waals surface area contributed by atoms with E-state index in [2.05, 4.69) is 32.0 Å². The number of benzene rings is 1. The van der Waals surface area contributed by atoms with Gasteiger partial charge >= 0.3 is 0 Å². The molecule has 122 valence electrons. The van der Waals surface area contributed by atoms with E-state index in [1.165, 1.54) is 44.1 Å². The van der Waals surface area contributed by atoms with Gasteiger partial charge in [0.2, 0.25) is 6.79 Å². The summed E-state index contributed by atoms with van der Waals surface area (Å²) in [6, 6.07) is 6.43. The highest BCUT2D eigenvalue weighted by Gasteiger charge is 2.20. The zero-order chi connectivity index (χ0) is 15.4. The van der Waals surface area contributed by atoms with Crippen molar-refractivity contribution in [1.82, 2.24) is 0 Å². The SMILES string of the molecule is CCC(CC(C)CCC1CCCO1)c1ccc2c(c1)OCO2. The van der Waals surface area contributed by atoms with E-state index in [9.17, 15) is 0 Å². The Morgan fingerprint density at radius 3 is 2.86 bits per heavy atom. The van der Waals surface area contributed by atoms with Gasteiger partial charge in [-0.3, -0.25) is 0 Å². The van der Waals surface area contributed by atoms with Crippen molar-refractivity contribution in [3.05, 3.63) is 23.8 Å². The lowest BCUT2D eigenvalue weighted by atomic mass is 9.85. The predicted molar refractivity (Wildman–Crippen MR) is 87.6 cm³/mol. The fraction of sp³-hybridized carbons (Fsp3) is 0.684. The third kappa shape index (κ3) is 3.75. The molecular formula is C19H28O3. The quantitative estimate of drug-likeness (QED) is 0.717. The van der Waals surface area contributed by atoms with E-state index in [0.29, 0.717) is 18.8 Å². The van der Waals surface area contributed by atoms with Gasteiger partial charge < -0.3 is 14.2 Å². The molecule has 1 aromatic rings. The van der Waals surface area contributed by atoms with Crippen LogP contribution in [0.3, 0.4) is 0 Å². The van der Waals surface area contributed by atoms with Gasteiger partial charge in [-0.2, -0.15) is 0 Å². The summed E-state index contributed by atoms with van der Waals surface area (Å²) >= 11 is 0. The van der Waals surface area contributed by atoms with Crippen LogP contribution in [0.15, 0.2) is 18.2 Å². The molecule has 3 atom stereocenters. The molecule has 3 rings (SSSR count). The average molecular weight is 304 g/mol. The van der Waals surface area contributed by atoms with Crippen molar-refractivity contribution in [2.45, 2.75) is 64.4 Å². The Balaban J connectivity index is 1.54. The summed E-state index contributed by atoms with van der Waals surface area (Å²) in [5.74, 6) is 3.13. The minimum atomic E-state index is 0.355. The van der Waals surface area contributed by atoms with E-state index < -0.39 is 0 Å². The van der Waals surface area contributed by atoms with Crippen molar-refractivity contribution in [1.29, 1.82) is 0 Å². The summed E-state index contributed by atoms with van der Waals surface area (Å²) in [7, 11) is 0. The first kappa shape index (κ1) is 15.7. The zero-order valence-corrected chi connectivity index (χ0v) is 13.8. The second-order valence-electron chi connectivity index (χ2n) is 6.77. The van der Waals surface area contributed by atoms with Crippen molar-refractivity contribution in [3.63, 3.8) is 0 Å². The van der Waals surface area contributed by atoms with Crippen LogP contribution in [0.4, 0.5) is 0 Å². The van der Waals surface area contributed by atoms with Gasteiger partial charge in [0, 0.05) is 6.61 Å². The van der Waals surface area contributed by atoms with Gasteiger partial charge in [0.05, 0.1) is 6.10 Å². The Labute approximate surface area is 134 Å². The summed E-state index contributed by atoms with van der Waals surface area (Å²) in [5, 5.41) is 0. The Morgan fingerprint density at radius 1 is 1.23 bits per heavy atom. The van der Waals surface area contributed by atoms with E-state index in [-0.39, 0.29) is 0 Å². The van der Waals surface area contributed by atoms with Crippen LogP contribution in [-0.2, 0) is 4.74 Å². The van der Waals surface area contributed by atoms with E-state index in [4.69, 9.17) is 14.2 Å². The minimum Gasteiger partial charge on any atom is -0.454 e. The molecule has 2 heterocycles. The zero-order valence-electron chi connectivity index (χ0n) is 13.8. The highest BCUT2D eigenvalue weighted by molar-refractivity contribution is 5.45. The first-order chi connectivity index (χ1) is 10.8. The lowest BCUT2D eigenvalue weighted by Crippen LogP contribution is -2.10.